The van der Waals surface area contributed by atoms with Crippen LogP contribution < -0.4 is 5.32 Å². The Bertz CT molecular complexity index is 1370. The van der Waals surface area contributed by atoms with Crippen molar-refractivity contribution in [2.75, 3.05) is 9.74 Å². The summed E-state index contributed by atoms with van der Waals surface area (Å²) in [5.41, 5.74) is 5.22. The van der Waals surface area contributed by atoms with Crippen LogP contribution in [-0.4, -0.2) is 43.1 Å². The number of fused-ring (bicyclic) bond motifs is 2. The van der Waals surface area contributed by atoms with Gasteiger partial charge in [-0.3, -0.25) is 0 Å². The zero-order chi connectivity index (χ0) is 24.9. The van der Waals surface area contributed by atoms with Crippen molar-refractivity contribution in [1.82, 2.24) is 14.5 Å². The molecule has 2 aliphatic heterocycles. The number of nitrogens with one attached hydrogen (secondary N) is 1. The number of ether oxygens (including phenoxy) is 3. The first-order chi connectivity index (χ1) is 17.4. The number of anilines is 2. The standard InChI is InChI=1S/C28H29IN4O3/c1-17-23-24(36-28(2,3)35-23)27(34-17)33-15-21(19-7-5-4-6-8-19)22-25(30-16-31-26(22)33)32-20-11-9-18(10-12-20)13-14-29/h4-12,15-17,23-24,27H,13-14H2,1-3H3,(H,30,31,32)/t17-,23-,24-,27-/m1/s1. The highest BCUT2D eigenvalue weighted by Gasteiger charge is 2.54. The predicted octanol–water partition coefficient (Wildman–Crippen LogP) is 6.26. The number of hydrogen-bond acceptors (Lipinski definition) is 6. The Labute approximate surface area is 224 Å². The van der Waals surface area contributed by atoms with Gasteiger partial charge in [-0.15, -0.1) is 0 Å². The molecule has 0 radical (unpaired) electrons. The summed E-state index contributed by atoms with van der Waals surface area (Å²) >= 11 is 2.41. The van der Waals surface area contributed by atoms with E-state index < -0.39 is 5.79 Å². The molecular weight excluding hydrogens is 567 g/mol. The summed E-state index contributed by atoms with van der Waals surface area (Å²) in [4.78, 5) is 9.38. The Morgan fingerprint density at radius 3 is 2.50 bits per heavy atom. The summed E-state index contributed by atoms with van der Waals surface area (Å²) in [7, 11) is 0. The van der Waals surface area contributed by atoms with Crippen molar-refractivity contribution in [2.45, 2.75) is 57.5 Å². The van der Waals surface area contributed by atoms with Crippen LogP contribution in [0.15, 0.2) is 67.1 Å². The fourth-order valence-corrected chi connectivity index (χ4v) is 5.83. The number of alkyl halides is 1. The van der Waals surface area contributed by atoms with Crippen LogP contribution in [0.4, 0.5) is 11.5 Å². The average molecular weight is 596 g/mol. The molecule has 36 heavy (non-hydrogen) atoms. The van der Waals surface area contributed by atoms with Crippen LogP contribution in [0.2, 0.25) is 0 Å². The molecule has 4 atom stereocenters. The Morgan fingerprint density at radius 2 is 1.75 bits per heavy atom. The first-order valence-corrected chi connectivity index (χ1v) is 13.8. The summed E-state index contributed by atoms with van der Waals surface area (Å²) in [5.74, 6) is 0.105. The molecule has 2 aliphatic rings. The van der Waals surface area contributed by atoms with Crippen molar-refractivity contribution in [3.63, 3.8) is 0 Å². The Morgan fingerprint density at radius 1 is 1.00 bits per heavy atom. The SMILES string of the molecule is C[C@H]1O[C@@H](n2cc(-c3ccccc3)c3c(Nc4ccc(CCI)cc4)ncnc32)[C@@H]2OC(C)(C)O[C@@H]21. The van der Waals surface area contributed by atoms with Gasteiger partial charge in [0.25, 0.3) is 0 Å². The first-order valence-electron chi connectivity index (χ1n) is 12.3. The van der Waals surface area contributed by atoms with Crippen molar-refractivity contribution in [1.29, 1.82) is 0 Å². The van der Waals surface area contributed by atoms with Crippen LogP contribution in [0, 0.1) is 0 Å². The van der Waals surface area contributed by atoms with Crippen LogP contribution in [0.25, 0.3) is 22.2 Å². The van der Waals surface area contributed by atoms with Crippen molar-refractivity contribution in [2.24, 2.45) is 0 Å². The zero-order valence-electron chi connectivity index (χ0n) is 20.5. The molecule has 2 aromatic heterocycles. The van der Waals surface area contributed by atoms with E-state index in [-0.39, 0.29) is 24.5 Å². The van der Waals surface area contributed by atoms with E-state index in [2.05, 4.69) is 80.1 Å². The summed E-state index contributed by atoms with van der Waals surface area (Å²) in [5, 5.41) is 4.48. The minimum atomic E-state index is -0.651. The van der Waals surface area contributed by atoms with Gasteiger partial charge in [-0.05, 0) is 50.5 Å². The van der Waals surface area contributed by atoms with Gasteiger partial charge in [0.15, 0.2) is 12.0 Å². The summed E-state index contributed by atoms with van der Waals surface area (Å²) in [6.07, 6.45) is 3.95. The Hall–Kier alpha value is -2.53. The van der Waals surface area contributed by atoms with Crippen LogP contribution in [0.5, 0.6) is 0 Å². The number of halogens is 1. The van der Waals surface area contributed by atoms with Gasteiger partial charge in [-0.1, -0.05) is 65.1 Å². The number of benzene rings is 2. The fraction of sp³-hybridized carbons (Fsp3) is 0.357. The smallest absolute Gasteiger partial charge is 0.164 e. The fourth-order valence-electron chi connectivity index (χ4n) is 5.21. The van der Waals surface area contributed by atoms with Gasteiger partial charge < -0.3 is 24.1 Å². The highest BCUT2D eigenvalue weighted by molar-refractivity contribution is 14.1. The topological polar surface area (TPSA) is 70.4 Å². The lowest BCUT2D eigenvalue weighted by Crippen LogP contribution is -2.27. The van der Waals surface area contributed by atoms with Gasteiger partial charge in [0.1, 0.15) is 30.0 Å². The normalized spacial score (nSPS) is 24.8. The molecular formula is C28H29IN4O3. The van der Waals surface area contributed by atoms with Crippen LogP contribution in [-0.2, 0) is 20.6 Å². The van der Waals surface area contributed by atoms with E-state index in [1.165, 1.54) is 5.56 Å². The molecule has 4 heterocycles. The van der Waals surface area contributed by atoms with E-state index >= 15 is 0 Å². The molecule has 6 rings (SSSR count). The molecule has 0 unspecified atom stereocenters. The lowest BCUT2D eigenvalue weighted by atomic mass is 10.1. The molecule has 0 saturated carbocycles. The highest BCUT2D eigenvalue weighted by Crippen LogP contribution is 2.45. The summed E-state index contributed by atoms with van der Waals surface area (Å²) < 4.78 is 22.0. The van der Waals surface area contributed by atoms with Gasteiger partial charge in [0, 0.05) is 21.9 Å². The average Bonchev–Trinajstić information content (AvgIpc) is 3.51. The molecule has 2 aromatic carbocycles. The van der Waals surface area contributed by atoms with Gasteiger partial charge in [0.2, 0.25) is 0 Å². The number of hydrogen-bond donors (Lipinski definition) is 1. The quantitative estimate of drug-likeness (QED) is 0.210. The third-order valence-electron chi connectivity index (χ3n) is 6.83. The lowest BCUT2D eigenvalue weighted by molar-refractivity contribution is -0.194. The number of aromatic nitrogens is 3. The van der Waals surface area contributed by atoms with E-state index in [4.69, 9.17) is 19.2 Å². The minimum absolute atomic E-state index is 0.0973. The second-order valence-corrected chi connectivity index (χ2v) is 10.9. The molecule has 4 aromatic rings. The molecule has 0 amide bonds. The van der Waals surface area contributed by atoms with Gasteiger partial charge in [-0.2, -0.15) is 0 Å². The van der Waals surface area contributed by atoms with Crippen LogP contribution in [0.1, 0.15) is 32.6 Å². The largest absolute Gasteiger partial charge is 0.349 e. The maximum Gasteiger partial charge on any atom is 0.164 e. The van der Waals surface area contributed by atoms with E-state index in [1.807, 2.05) is 39.0 Å². The highest BCUT2D eigenvalue weighted by atomic mass is 127. The molecule has 0 aliphatic carbocycles. The first kappa shape index (κ1) is 23.8. The maximum absolute atomic E-state index is 6.39. The summed E-state index contributed by atoms with van der Waals surface area (Å²) in [6.45, 7) is 5.94. The summed E-state index contributed by atoms with van der Waals surface area (Å²) in [6, 6.07) is 18.9. The maximum atomic E-state index is 6.39. The molecule has 7 nitrogen and oxygen atoms in total. The van der Waals surface area contributed by atoms with Crippen molar-refractivity contribution >= 4 is 45.1 Å². The van der Waals surface area contributed by atoms with E-state index in [0.29, 0.717) is 0 Å². The van der Waals surface area contributed by atoms with Gasteiger partial charge >= 0.3 is 0 Å². The lowest BCUT2D eigenvalue weighted by Gasteiger charge is -2.24. The van der Waals surface area contributed by atoms with Crippen molar-refractivity contribution in [3.8, 4) is 11.1 Å². The molecule has 8 heteroatoms. The van der Waals surface area contributed by atoms with E-state index in [9.17, 15) is 0 Å². The molecule has 1 N–H and O–H groups in total. The van der Waals surface area contributed by atoms with E-state index in [1.54, 1.807) is 6.33 Å². The van der Waals surface area contributed by atoms with Crippen molar-refractivity contribution in [3.05, 3.63) is 72.7 Å². The Kier molecular flexibility index (Phi) is 6.23. The molecule has 0 bridgehead atoms. The van der Waals surface area contributed by atoms with Crippen LogP contribution >= 0.6 is 22.6 Å². The van der Waals surface area contributed by atoms with Crippen LogP contribution in [0.3, 0.4) is 0 Å². The monoisotopic (exact) mass is 596 g/mol. The van der Waals surface area contributed by atoms with E-state index in [0.717, 1.165) is 44.5 Å². The third kappa shape index (κ3) is 4.30. The number of aryl methyl sites for hydroxylation is 1. The predicted molar refractivity (Wildman–Crippen MR) is 149 cm³/mol. The van der Waals surface area contributed by atoms with Gasteiger partial charge in [-0.25, -0.2) is 9.97 Å². The second-order valence-electron chi connectivity index (χ2n) is 9.79. The molecule has 2 fully saturated rings. The minimum Gasteiger partial charge on any atom is -0.349 e. The molecule has 0 spiro atoms. The van der Waals surface area contributed by atoms with Crippen molar-refractivity contribution < 1.29 is 14.2 Å². The zero-order valence-corrected chi connectivity index (χ0v) is 22.7. The molecule has 186 valence electrons. The number of rotatable bonds is 6. The molecule has 2 saturated heterocycles. The second kappa shape index (κ2) is 9.41. The Balaban J connectivity index is 1.46. The third-order valence-corrected chi connectivity index (χ3v) is 7.37. The number of nitrogens with zero attached hydrogens (tertiary/aromatic N) is 3. The van der Waals surface area contributed by atoms with Gasteiger partial charge in [0.05, 0.1) is 11.5 Å².